The molecule has 1 atom stereocenters. The number of halogens is 2. The molecule has 1 aliphatic rings. The highest BCUT2D eigenvalue weighted by Crippen LogP contribution is 2.29. The second-order valence-electron chi connectivity index (χ2n) is 7.10. The fourth-order valence-electron chi connectivity index (χ4n) is 3.71. The third-order valence-electron chi connectivity index (χ3n) is 5.16. The molecule has 1 saturated heterocycles. The van der Waals surface area contributed by atoms with Crippen LogP contribution < -0.4 is 0 Å². The number of nitrogens with zero attached hydrogens (tertiary/aromatic N) is 5. The summed E-state index contributed by atoms with van der Waals surface area (Å²) in [7, 11) is 1.62. The summed E-state index contributed by atoms with van der Waals surface area (Å²) in [6.45, 7) is 1.55. The zero-order valence-electron chi connectivity index (χ0n) is 16.0. The van der Waals surface area contributed by atoms with Gasteiger partial charge in [0, 0.05) is 31.7 Å². The van der Waals surface area contributed by atoms with Crippen molar-refractivity contribution < 1.29 is 18.3 Å². The minimum absolute atomic E-state index is 0.0729. The predicted octanol–water partition coefficient (Wildman–Crippen LogP) is 3.23. The Morgan fingerprint density at radius 3 is 2.83 bits per heavy atom. The first-order valence-corrected chi connectivity index (χ1v) is 9.42. The van der Waals surface area contributed by atoms with Gasteiger partial charge in [-0.15, -0.1) is 0 Å². The van der Waals surface area contributed by atoms with E-state index in [2.05, 4.69) is 15.1 Å². The van der Waals surface area contributed by atoms with Crippen LogP contribution in [0.15, 0.2) is 36.7 Å². The first-order chi connectivity index (χ1) is 14.1. The van der Waals surface area contributed by atoms with E-state index in [4.69, 9.17) is 4.74 Å². The van der Waals surface area contributed by atoms with Crippen molar-refractivity contribution in [2.75, 3.05) is 20.2 Å². The maximum atomic E-state index is 13.4. The molecule has 0 saturated carbocycles. The second-order valence-corrected chi connectivity index (χ2v) is 7.10. The highest BCUT2D eigenvalue weighted by Gasteiger charge is 2.28. The molecule has 1 fully saturated rings. The Morgan fingerprint density at radius 1 is 1.31 bits per heavy atom. The summed E-state index contributed by atoms with van der Waals surface area (Å²) >= 11 is 0. The lowest BCUT2D eigenvalue weighted by Crippen LogP contribution is -2.39. The van der Waals surface area contributed by atoms with E-state index < -0.39 is 6.43 Å². The third-order valence-corrected chi connectivity index (χ3v) is 5.16. The summed E-state index contributed by atoms with van der Waals surface area (Å²) in [6, 6.07) is 8.69. The average Bonchev–Trinajstić information content (AvgIpc) is 3.22. The number of ether oxygens (including phenoxy) is 1. The van der Waals surface area contributed by atoms with Crippen molar-refractivity contribution in [3.05, 3.63) is 59.2 Å². The monoisotopic (exact) mass is 401 g/mol. The van der Waals surface area contributed by atoms with E-state index in [-0.39, 0.29) is 23.3 Å². The second kappa shape index (κ2) is 8.20. The van der Waals surface area contributed by atoms with E-state index >= 15 is 0 Å². The van der Waals surface area contributed by atoms with Gasteiger partial charge in [0.2, 0.25) is 0 Å². The van der Waals surface area contributed by atoms with Crippen LogP contribution in [-0.2, 0) is 11.3 Å². The van der Waals surface area contributed by atoms with E-state index in [1.165, 1.54) is 12.4 Å². The van der Waals surface area contributed by atoms with Gasteiger partial charge in [-0.2, -0.15) is 14.6 Å². The van der Waals surface area contributed by atoms with Gasteiger partial charge in [-0.05, 0) is 36.6 Å². The van der Waals surface area contributed by atoms with Crippen LogP contribution in [0.1, 0.15) is 52.5 Å². The van der Waals surface area contributed by atoms with Gasteiger partial charge in [-0.3, -0.25) is 4.79 Å². The Kier molecular flexibility index (Phi) is 5.48. The molecule has 4 rings (SSSR count). The highest BCUT2D eigenvalue weighted by molar-refractivity contribution is 5.94. The minimum atomic E-state index is -2.69. The first-order valence-electron chi connectivity index (χ1n) is 9.42. The molecule has 3 heterocycles. The van der Waals surface area contributed by atoms with Crippen LogP contribution in [0.3, 0.4) is 0 Å². The van der Waals surface area contributed by atoms with E-state index in [0.29, 0.717) is 31.0 Å². The standard InChI is InChI=1S/C20H21F2N5O2/c1-29-11-13-4-6-14(7-5-13)19(28)26-8-2-3-15(10-26)16-9-17(18(21)22)27-20(25-16)23-12-24-27/h4-7,9,12,15,18H,2-3,8,10-11H2,1H3/t15-/m1/s1. The molecule has 152 valence electrons. The molecule has 0 bridgehead atoms. The quantitative estimate of drug-likeness (QED) is 0.656. The lowest BCUT2D eigenvalue weighted by atomic mass is 9.93. The molecule has 1 aliphatic heterocycles. The van der Waals surface area contributed by atoms with Crippen LogP contribution in [0.5, 0.6) is 0 Å². The van der Waals surface area contributed by atoms with E-state index in [9.17, 15) is 13.6 Å². The van der Waals surface area contributed by atoms with Crippen molar-refractivity contribution in [2.24, 2.45) is 0 Å². The number of benzene rings is 1. The van der Waals surface area contributed by atoms with Crippen LogP contribution in [0.4, 0.5) is 8.78 Å². The fourth-order valence-corrected chi connectivity index (χ4v) is 3.71. The molecule has 3 aromatic rings. The number of piperidine rings is 1. The maximum Gasteiger partial charge on any atom is 0.280 e. The minimum Gasteiger partial charge on any atom is -0.380 e. The molecule has 0 spiro atoms. The molecular formula is C20H21F2N5O2. The molecule has 0 N–H and O–H groups in total. The van der Waals surface area contributed by atoms with E-state index in [1.807, 2.05) is 12.1 Å². The summed E-state index contributed by atoms with van der Waals surface area (Å²) in [5.74, 6) is -0.0500. The molecule has 1 amide bonds. The van der Waals surface area contributed by atoms with Crippen LogP contribution in [0, 0.1) is 0 Å². The van der Waals surface area contributed by atoms with Gasteiger partial charge in [0.15, 0.2) is 0 Å². The third kappa shape index (κ3) is 3.95. The van der Waals surface area contributed by atoms with Crippen LogP contribution in [-0.4, -0.2) is 50.6 Å². The van der Waals surface area contributed by atoms with Gasteiger partial charge < -0.3 is 9.64 Å². The lowest BCUT2D eigenvalue weighted by Gasteiger charge is -2.32. The summed E-state index contributed by atoms with van der Waals surface area (Å²) in [5, 5.41) is 3.82. The van der Waals surface area contributed by atoms with Crippen LogP contribution >= 0.6 is 0 Å². The number of alkyl halides is 2. The van der Waals surface area contributed by atoms with E-state index in [1.54, 1.807) is 24.1 Å². The Labute approximate surface area is 166 Å². The number of rotatable bonds is 5. The molecule has 0 radical (unpaired) electrons. The summed E-state index contributed by atoms with van der Waals surface area (Å²) in [6.07, 6.45) is 0.0770. The van der Waals surface area contributed by atoms with Gasteiger partial charge in [0.25, 0.3) is 18.1 Å². The van der Waals surface area contributed by atoms with E-state index in [0.717, 1.165) is 22.9 Å². The molecule has 29 heavy (non-hydrogen) atoms. The van der Waals surface area contributed by atoms with Gasteiger partial charge >= 0.3 is 0 Å². The fraction of sp³-hybridized carbons (Fsp3) is 0.400. The Morgan fingerprint density at radius 2 is 2.10 bits per heavy atom. The van der Waals surface area contributed by atoms with Crippen LogP contribution in [0.25, 0.3) is 5.78 Å². The zero-order chi connectivity index (χ0) is 20.4. The topological polar surface area (TPSA) is 72.6 Å². The Balaban J connectivity index is 1.55. The van der Waals surface area contributed by atoms with Gasteiger partial charge in [-0.25, -0.2) is 13.8 Å². The zero-order valence-corrected chi connectivity index (χ0v) is 16.0. The number of carbonyl (C=O) groups excluding carboxylic acids is 1. The van der Waals surface area contributed by atoms with Crippen LogP contribution in [0.2, 0.25) is 0 Å². The molecule has 1 aromatic carbocycles. The normalized spacial score (nSPS) is 17.2. The molecule has 0 aliphatic carbocycles. The Bertz CT molecular complexity index is 1010. The van der Waals surface area contributed by atoms with Crippen molar-refractivity contribution in [3.8, 4) is 0 Å². The SMILES string of the molecule is COCc1ccc(C(=O)N2CCC[C@@H](c3cc(C(F)F)n4ncnc4n3)C2)cc1. The number of fused-ring (bicyclic) bond motifs is 1. The summed E-state index contributed by atoms with van der Waals surface area (Å²) < 4.78 is 33.0. The Hall–Kier alpha value is -2.94. The maximum absolute atomic E-state index is 13.4. The van der Waals surface area contributed by atoms with Gasteiger partial charge in [-0.1, -0.05) is 12.1 Å². The number of likely N-dealkylation sites (tertiary alicyclic amines) is 1. The predicted molar refractivity (Wildman–Crippen MR) is 101 cm³/mol. The molecule has 7 nitrogen and oxygen atoms in total. The number of aromatic nitrogens is 4. The van der Waals surface area contributed by atoms with Gasteiger partial charge in [0.05, 0.1) is 12.3 Å². The van der Waals surface area contributed by atoms with Crippen molar-refractivity contribution in [1.82, 2.24) is 24.5 Å². The first kappa shape index (κ1) is 19.4. The average molecular weight is 401 g/mol. The van der Waals surface area contributed by atoms with Crippen molar-refractivity contribution >= 4 is 11.7 Å². The van der Waals surface area contributed by atoms with Gasteiger partial charge in [0.1, 0.15) is 12.0 Å². The number of carbonyl (C=O) groups is 1. The largest absolute Gasteiger partial charge is 0.380 e. The summed E-state index contributed by atoms with van der Waals surface area (Å²) in [5.41, 5.74) is 1.87. The van der Waals surface area contributed by atoms with Crippen molar-refractivity contribution in [3.63, 3.8) is 0 Å². The smallest absolute Gasteiger partial charge is 0.280 e. The lowest BCUT2D eigenvalue weighted by molar-refractivity contribution is 0.0705. The number of methoxy groups -OCH3 is 1. The summed E-state index contributed by atoms with van der Waals surface area (Å²) in [4.78, 5) is 23.0. The molecule has 2 aromatic heterocycles. The number of amides is 1. The molecule has 9 heteroatoms. The van der Waals surface area contributed by atoms with Crippen molar-refractivity contribution in [2.45, 2.75) is 31.8 Å². The molecule has 0 unspecified atom stereocenters. The number of hydrogen-bond acceptors (Lipinski definition) is 5. The molecular weight excluding hydrogens is 380 g/mol. The van der Waals surface area contributed by atoms with Crippen molar-refractivity contribution in [1.29, 1.82) is 0 Å². The number of hydrogen-bond donors (Lipinski definition) is 0. The highest BCUT2D eigenvalue weighted by atomic mass is 19.3.